The molecule has 106 valence electrons. The molecule has 1 aromatic rings. The number of halogens is 3. The molecule has 0 aromatic heterocycles. The lowest BCUT2D eigenvalue weighted by Gasteiger charge is -2.15. The number of primary amides is 1. The number of benzene rings is 1. The molecule has 0 aliphatic carbocycles. The maximum Gasteiger partial charge on any atom is 0.261 e. The number of nitrogens with one attached hydrogen (secondary N) is 2. The number of amides is 1. The van der Waals surface area contributed by atoms with Crippen LogP contribution in [0, 0.1) is 11.3 Å². The fraction of sp³-hybridized carbons (Fsp3) is 0.167. The van der Waals surface area contributed by atoms with Crippen molar-refractivity contribution in [3.8, 4) is 6.07 Å². The van der Waals surface area contributed by atoms with Crippen LogP contribution in [0.3, 0.4) is 0 Å². The highest BCUT2D eigenvalue weighted by molar-refractivity contribution is 6.41. The number of hydrazine groups is 1. The summed E-state index contributed by atoms with van der Waals surface area (Å²) in [5.41, 5.74) is 11.1. The average molecular weight is 334 g/mol. The molecule has 8 heteroatoms. The third-order valence-electron chi connectivity index (χ3n) is 2.36. The highest BCUT2D eigenvalue weighted by atomic mass is 35.5. The fourth-order valence-electron chi connectivity index (χ4n) is 1.40. The number of carbonyl (C=O) groups excluding carboxylic acids is 1. The van der Waals surface area contributed by atoms with Crippen LogP contribution in [0.5, 0.6) is 0 Å². The Bertz CT molecular complexity index is 584. The van der Waals surface area contributed by atoms with E-state index in [1.165, 1.54) is 12.1 Å². The van der Waals surface area contributed by atoms with Crippen molar-refractivity contribution in [2.24, 2.45) is 5.73 Å². The van der Waals surface area contributed by atoms with E-state index in [1.54, 1.807) is 13.0 Å². The first kappa shape index (κ1) is 16.4. The second-order valence-corrected chi connectivity index (χ2v) is 4.93. The van der Waals surface area contributed by atoms with Crippen molar-refractivity contribution in [1.82, 2.24) is 5.43 Å². The van der Waals surface area contributed by atoms with E-state index in [4.69, 9.17) is 45.8 Å². The molecule has 1 rings (SSSR count). The molecule has 0 bridgehead atoms. The number of anilines is 1. The van der Waals surface area contributed by atoms with Gasteiger partial charge in [0.25, 0.3) is 5.91 Å². The van der Waals surface area contributed by atoms with E-state index >= 15 is 0 Å². The van der Waals surface area contributed by atoms with Crippen LogP contribution in [0.2, 0.25) is 15.1 Å². The van der Waals surface area contributed by atoms with Crippen molar-refractivity contribution in [3.05, 3.63) is 38.5 Å². The lowest BCUT2D eigenvalue weighted by Crippen LogP contribution is -2.26. The third-order valence-corrected chi connectivity index (χ3v) is 3.17. The van der Waals surface area contributed by atoms with Crippen LogP contribution < -0.4 is 16.6 Å². The Morgan fingerprint density at radius 2 is 1.90 bits per heavy atom. The first-order valence-corrected chi connectivity index (χ1v) is 6.63. The maximum atomic E-state index is 11.1. The molecule has 0 radical (unpaired) electrons. The third kappa shape index (κ3) is 3.94. The van der Waals surface area contributed by atoms with Gasteiger partial charge in [0.2, 0.25) is 0 Å². The van der Waals surface area contributed by atoms with Gasteiger partial charge in [-0.25, -0.2) is 0 Å². The topological polar surface area (TPSA) is 90.9 Å². The minimum Gasteiger partial charge on any atom is -0.365 e. The van der Waals surface area contributed by atoms with Crippen LogP contribution in [0.25, 0.3) is 0 Å². The van der Waals surface area contributed by atoms with Gasteiger partial charge < -0.3 is 11.2 Å². The van der Waals surface area contributed by atoms with Crippen LogP contribution in [-0.2, 0) is 4.79 Å². The number of nitrogens with two attached hydrogens (primary N) is 1. The normalized spacial score (nSPS) is 11.3. The summed E-state index contributed by atoms with van der Waals surface area (Å²) >= 11 is 17.8. The molecule has 0 saturated carbocycles. The van der Waals surface area contributed by atoms with Gasteiger partial charge in [-0.1, -0.05) is 41.7 Å². The second kappa shape index (κ2) is 7.25. The zero-order chi connectivity index (χ0) is 15.3. The summed E-state index contributed by atoms with van der Waals surface area (Å²) in [5.74, 6) is -0.813. The SMILES string of the molecule is CCC(NNc1c(Cl)cc(Cl)cc1Cl)=C(C#N)C(N)=O. The Labute approximate surface area is 131 Å². The summed E-state index contributed by atoms with van der Waals surface area (Å²) in [6.07, 6.45) is 0.391. The molecule has 0 aliphatic heterocycles. The standard InChI is InChI=1S/C12H11Cl3N4O/c1-2-10(7(5-16)12(17)20)18-19-11-8(14)3-6(13)4-9(11)15/h3-4,18-19H,2H2,1H3,(H2,17,20). The predicted molar refractivity (Wildman–Crippen MR) is 80.4 cm³/mol. The van der Waals surface area contributed by atoms with Crippen molar-refractivity contribution in [3.63, 3.8) is 0 Å². The van der Waals surface area contributed by atoms with Gasteiger partial charge in [-0.3, -0.25) is 10.2 Å². The molecule has 20 heavy (non-hydrogen) atoms. The van der Waals surface area contributed by atoms with Gasteiger partial charge in [0.1, 0.15) is 11.6 Å². The minimum absolute atomic E-state index is 0.166. The monoisotopic (exact) mass is 332 g/mol. The van der Waals surface area contributed by atoms with E-state index in [0.29, 0.717) is 32.9 Å². The van der Waals surface area contributed by atoms with E-state index in [9.17, 15) is 4.79 Å². The summed E-state index contributed by atoms with van der Waals surface area (Å²) in [6.45, 7) is 1.76. The smallest absolute Gasteiger partial charge is 0.261 e. The number of nitriles is 1. The van der Waals surface area contributed by atoms with Gasteiger partial charge in [0.15, 0.2) is 0 Å². The van der Waals surface area contributed by atoms with Crippen molar-refractivity contribution >= 4 is 46.4 Å². The largest absolute Gasteiger partial charge is 0.365 e. The maximum absolute atomic E-state index is 11.1. The molecule has 1 amide bonds. The Morgan fingerprint density at radius 3 is 2.30 bits per heavy atom. The highest BCUT2D eigenvalue weighted by Gasteiger charge is 2.12. The van der Waals surface area contributed by atoms with E-state index in [-0.39, 0.29) is 5.57 Å². The molecule has 0 spiro atoms. The zero-order valence-electron chi connectivity index (χ0n) is 10.4. The molecular formula is C12H11Cl3N4O. The molecule has 0 unspecified atom stereocenters. The minimum atomic E-state index is -0.813. The Kier molecular flexibility index (Phi) is 5.96. The van der Waals surface area contributed by atoms with Crippen molar-refractivity contribution < 1.29 is 4.79 Å². The summed E-state index contributed by atoms with van der Waals surface area (Å²) in [6, 6.07) is 4.76. The highest BCUT2D eigenvalue weighted by Crippen LogP contribution is 2.33. The summed E-state index contributed by atoms with van der Waals surface area (Å²) in [4.78, 5) is 11.1. The van der Waals surface area contributed by atoms with Gasteiger partial charge in [0.05, 0.1) is 21.4 Å². The first-order valence-electron chi connectivity index (χ1n) is 5.50. The summed E-state index contributed by atoms with van der Waals surface area (Å²) < 4.78 is 0. The van der Waals surface area contributed by atoms with Gasteiger partial charge in [-0.2, -0.15) is 5.26 Å². The summed E-state index contributed by atoms with van der Waals surface area (Å²) in [5, 5.41) is 9.88. The van der Waals surface area contributed by atoms with E-state index in [1.807, 2.05) is 0 Å². The number of allylic oxidation sites excluding steroid dienone is 1. The Morgan fingerprint density at radius 1 is 1.35 bits per heavy atom. The second-order valence-electron chi connectivity index (χ2n) is 3.68. The number of carbonyl (C=O) groups is 1. The molecular weight excluding hydrogens is 323 g/mol. The first-order chi connectivity index (χ1) is 9.40. The van der Waals surface area contributed by atoms with Crippen LogP contribution >= 0.6 is 34.8 Å². The van der Waals surface area contributed by atoms with E-state index < -0.39 is 5.91 Å². The van der Waals surface area contributed by atoms with Gasteiger partial charge >= 0.3 is 0 Å². The molecule has 0 aliphatic rings. The zero-order valence-corrected chi connectivity index (χ0v) is 12.7. The number of nitrogens with zero attached hydrogens (tertiary/aromatic N) is 1. The Balaban J connectivity index is 3.02. The quantitative estimate of drug-likeness (QED) is 0.438. The van der Waals surface area contributed by atoms with Gasteiger partial charge in [0, 0.05) is 5.02 Å². The molecule has 0 atom stereocenters. The molecule has 0 fully saturated rings. The van der Waals surface area contributed by atoms with Crippen molar-refractivity contribution in [2.45, 2.75) is 13.3 Å². The van der Waals surface area contributed by atoms with Gasteiger partial charge in [-0.05, 0) is 18.6 Å². The predicted octanol–water partition coefficient (Wildman–Crippen LogP) is 3.24. The van der Waals surface area contributed by atoms with Crippen molar-refractivity contribution in [1.29, 1.82) is 5.26 Å². The summed E-state index contributed by atoms with van der Waals surface area (Å²) in [7, 11) is 0. The van der Waals surface area contributed by atoms with Crippen LogP contribution in [0.1, 0.15) is 13.3 Å². The number of rotatable bonds is 5. The van der Waals surface area contributed by atoms with E-state index in [0.717, 1.165) is 0 Å². The molecule has 4 N–H and O–H groups in total. The van der Waals surface area contributed by atoms with Gasteiger partial charge in [-0.15, -0.1) is 0 Å². The van der Waals surface area contributed by atoms with Crippen LogP contribution in [-0.4, -0.2) is 5.91 Å². The molecule has 1 aromatic carbocycles. The molecule has 0 heterocycles. The molecule has 5 nitrogen and oxygen atoms in total. The van der Waals surface area contributed by atoms with E-state index in [2.05, 4.69) is 10.9 Å². The molecule has 0 saturated heterocycles. The average Bonchev–Trinajstić information content (AvgIpc) is 2.35. The Hall–Kier alpha value is -1.61. The lowest BCUT2D eigenvalue weighted by atomic mass is 10.2. The van der Waals surface area contributed by atoms with Crippen LogP contribution in [0.4, 0.5) is 5.69 Å². The fourth-order valence-corrected chi connectivity index (χ4v) is 2.31. The van der Waals surface area contributed by atoms with Crippen LogP contribution in [0.15, 0.2) is 23.4 Å². The van der Waals surface area contributed by atoms with Crippen molar-refractivity contribution in [2.75, 3.05) is 5.43 Å². The number of hydrogen-bond acceptors (Lipinski definition) is 4. The number of hydrogen-bond donors (Lipinski definition) is 3. The lowest BCUT2D eigenvalue weighted by molar-refractivity contribution is -0.114.